The van der Waals surface area contributed by atoms with Crippen LogP contribution in [0.15, 0.2) is 58.0 Å². The van der Waals surface area contributed by atoms with Crippen LogP contribution in [0.1, 0.15) is 24.0 Å². The highest BCUT2D eigenvalue weighted by Gasteiger charge is 2.23. The molecule has 3 heterocycles. The Morgan fingerprint density at radius 3 is 2.83 bits per heavy atom. The van der Waals surface area contributed by atoms with Crippen LogP contribution >= 0.6 is 0 Å². The fraction of sp³-hybridized carbons (Fsp3) is 0.318. The molecule has 7 nitrogen and oxygen atoms in total. The Bertz CT molecular complexity index is 1060. The number of hydrogen-bond acceptors (Lipinski definition) is 5. The fourth-order valence-corrected chi connectivity index (χ4v) is 3.57. The van der Waals surface area contributed by atoms with Crippen molar-refractivity contribution in [3.8, 4) is 0 Å². The monoisotopic (exact) mass is 393 g/mol. The number of benzene rings is 1. The number of ether oxygens (including phenoxy) is 1. The number of nitrogens with one attached hydrogen (secondary N) is 1. The highest BCUT2D eigenvalue weighted by Crippen LogP contribution is 2.22. The molecule has 1 aromatic carbocycles. The molecule has 0 radical (unpaired) electrons. The maximum Gasteiger partial charge on any atom is 0.336 e. The van der Waals surface area contributed by atoms with E-state index in [1.54, 1.807) is 23.4 Å². The lowest BCUT2D eigenvalue weighted by Crippen LogP contribution is -2.39. The van der Waals surface area contributed by atoms with E-state index in [4.69, 9.17) is 9.15 Å². The van der Waals surface area contributed by atoms with Gasteiger partial charge in [0.1, 0.15) is 5.58 Å². The van der Waals surface area contributed by atoms with Crippen molar-refractivity contribution in [3.05, 3.63) is 70.3 Å². The SMILES string of the molecule is Cc1cc(=O)oc2cc(NC(=O)N(Cc3ccncc3)CC3CCCO3)ccc12. The Morgan fingerprint density at radius 1 is 1.24 bits per heavy atom. The Labute approximate surface area is 168 Å². The Hall–Kier alpha value is -3.19. The Balaban J connectivity index is 1.54. The normalized spacial score (nSPS) is 16.1. The summed E-state index contributed by atoms with van der Waals surface area (Å²) in [4.78, 5) is 30.5. The van der Waals surface area contributed by atoms with E-state index in [0.29, 0.717) is 24.4 Å². The first-order valence-electron chi connectivity index (χ1n) is 9.69. The van der Waals surface area contributed by atoms with E-state index in [1.165, 1.54) is 6.07 Å². The predicted octanol–water partition coefficient (Wildman–Crippen LogP) is 3.71. The highest BCUT2D eigenvalue weighted by atomic mass is 16.5. The van der Waals surface area contributed by atoms with Gasteiger partial charge in [0.25, 0.3) is 0 Å². The number of hydrogen-bond donors (Lipinski definition) is 1. The zero-order valence-electron chi connectivity index (χ0n) is 16.3. The molecule has 1 unspecified atom stereocenters. The number of anilines is 1. The third-order valence-corrected chi connectivity index (χ3v) is 5.06. The van der Waals surface area contributed by atoms with Gasteiger partial charge in [-0.25, -0.2) is 9.59 Å². The molecule has 1 saturated heterocycles. The third kappa shape index (κ3) is 4.63. The van der Waals surface area contributed by atoms with Gasteiger partial charge in [-0.05, 0) is 55.2 Å². The summed E-state index contributed by atoms with van der Waals surface area (Å²) in [5.74, 6) is 0. The molecule has 1 N–H and O–H groups in total. The van der Waals surface area contributed by atoms with Crippen LogP contribution in [0, 0.1) is 6.92 Å². The van der Waals surface area contributed by atoms with Crippen molar-refractivity contribution in [2.45, 2.75) is 32.4 Å². The Morgan fingerprint density at radius 2 is 2.07 bits per heavy atom. The number of carbonyl (C=O) groups is 1. The zero-order chi connectivity index (χ0) is 20.2. The quantitative estimate of drug-likeness (QED) is 0.668. The summed E-state index contributed by atoms with van der Waals surface area (Å²) in [6.07, 6.45) is 5.43. The van der Waals surface area contributed by atoms with Crippen molar-refractivity contribution in [1.82, 2.24) is 9.88 Å². The van der Waals surface area contributed by atoms with E-state index < -0.39 is 5.63 Å². The van der Waals surface area contributed by atoms with E-state index in [1.807, 2.05) is 31.2 Å². The van der Waals surface area contributed by atoms with E-state index >= 15 is 0 Å². The standard InChI is InChI=1S/C22H23N3O4/c1-15-11-21(26)29-20-12-17(4-5-19(15)20)24-22(27)25(14-18-3-2-10-28-18)13-16-6-8-23-9-7-16/h4-9,11-12,18H,2-3,10,13-14H2,1H3,(H,24,27). The van der Waals surface area contributed by atoms with Crippen molar-refractivity contribution < 1.29 is 13.9 Å². The average molecular weight is 393 g/mol. The molecule has 2 amide bonds. The van der Waals surface area contributed by atoms with Crippen LogP contribution in [-0.4, -0.2) is 35.2 Å². The van der Waals surface area contributed by atoms with Crippen molar-refractivity contribution in [3.63, 3.8) is 0 Å². The number of aromatic nitrogens is 1. The van der Waals surface area contributed by atoms with Crippen molar-refractivity contribution in [2.24, 2.45) is 0 Å². The smallest absolute Gasteiger partial charge is 0.336 e. The van der Waals surface area contributed by atoms with Gasteiger partial charge in [0.15, 0.2) is 0 Å². The molecule has 7 heteroatoms. The minimum absolute atomic E-state index is 0.0415. The second-order valence-corrected chi connectivity index (χ2v) is 7.26. The third-order valence-electron chi connectivity index (χ3n) is 5.06. The van der Waals surface area contributed by atoms with Crippen LogP contribution in [0.2, 0.25) is 0 Å². The van der Waals surface area contributed by atoms with Crippen LogP contribution in [-0.2, 0) is 11.3 Å². The lowest BCUT2D eigenvalue weighted by molar-refractivity contribution is 0.0819. The molecule has 4 rings (SSSR count). The molecule has 29 heavy (non-hydrogen) atoms. The summed E-state index contributed by atoms with van der Waals surface area (Å²) in [7, 11) is 0. The number of pyridine rings is 1. The van der Waals surface area contributed by atoms with Crippen molar-refractivity contribution in [2.75, 3.05) is 18.5 Å². The predicted molar refractivity (Wildman–Crippen MR) is 110 cm³/mol. The minimum atomic E-state index is -0.406. The van der Waals surface area contributed by atoms with Crippen LogP contribution in [0.4, 0.5) is 10.5 Å². The summed E-state index contributed by atoms with van der Waals surface area (Å²) >= 11 is 0. The second kappa shape index (κ2) is 8.45. The molecule has 3 aromatic rings. The molecule has 0 aliphatic carbocycles. The van der Waals surface area contributed by atoms with Gasteiger partial charge < -0.3 is 19.4 Å². The Kier molecular flexibility index (Phi) is 5.57. The van der Waals surface area contributed by atoms with E-state index in [-0.39, 0.29) is 12.1 Å². The largest absolute Gasteiger partial charge is 0.423 e. The molecule has 0 bridgehead atoms. The van der Waals surface area contributed by atoms with Crippen LogP contribution in [0.25, 0.3) is 11.0 Å². The molecular formula is C22H23N3O4. The first-order valence-corrected chi connectivity index (χ1v) is 9.69. The summed E-state index contributed by atoms with van der Waals surface area (Å²) in [6.45, 7) is 3.56. The van der Waals surface area contributed by atoms with Gasteiger partial charge in [0, 0.05) is 55.3 Å². The van der Waals surface area contributed by atoms with Gasteiger partial charge in [-0.15, -0.1) is 0 Å². The molecule has 0 spiro atoms. The number of fused-ring (bicyclic) bond motifs is 1. The van der Waals surface area contributed by atoms with Crippen molar-refractivity contribution >= 4 is 22.7 Å². The van der Waals surface area contributed by atoms with Crippen LogP contribution < -0.4 is 10.9 Å². The highest BCUT2D eigenvalue weighted by molar-refractivity contribution is 5.92. The molecule has 1 fully saturated rings. The van der Waals surface area contributed by atoms with Gasteiger partial charge in [0.05, 0.1) is 6.10 Å². The van der Waals surface area contributed by atoms with Crippen molar-refractivity contribution in [1.29, 1.82) is 0 Å². The lowest BCUT2D eigenvalue weighted by atomic mass is 10.1. The van der Waals surface area contributed by atoms with Crippen LogP contribution in [0.3, 0.4) is 0 Å². The molecule has 1 atom stereocenters. The first kappa shape index (κ1) is 19.1. The zero-order valence-corrected chi connectivity index (χ0v) is 16.3. The summed E-state index contributed by atoms with van der Waals surface area (Å²) in [5, 5.41) is 3.76. The maximum atomic E-state index is 13.0. The molecule has 150 valence electrons. The summed E-state index contributed by atoms with van der Waals surface area (Å²) in [6, 6.07) is 10.3. The average Bonchev–Trinajstić information content (AvgIpc) is 3.21. The van der Waals surface area contributed by atoms with Gasteiger partial charge in [-0.2, -0.15) is 0 Å². The fourth-order valence-electron chi connectivity index (χ4n) is 3.57. The van der Waals surface area contributed by atoms with Crippen LogP contribution in [0.5, 0.6) is 0 Å². The molecule has 0 saturated carbocycles. The summed E-state index contributed by atoms with van der Waals surface area (Å²) in [5.41, 5.74) is 2.45. The number of urea groups is 1. The molecule has 1 aliphatic heterocycles. The number of carbonyl (C=O) groups excluding carboxylic acids is 1. The summed E-state index contributed by atoms with van der Waals surface area (Å²) < 4.78 is 11.0. The topological polar surface area (TPSA) is 84.7 Å². The van der Waals surface area contributed by atoms with Gasteiger partial charge in [-0.1, -0.05) is 0 Å². The van der Waals surface area contributed by atoms with Gasteiger partial charge in [-0.3, -0.25) is 4.98 Å². The number of rotatable bonds is 5. The number of amides is 2. The maximum absolute atomic E-state index is 13.0. The van der Waals surface area contributed by atoms with E-state index in [2.05, 4.69) is 10.3 Å². The van der Waals surface area contributed by atoms with E-state index in [0.717, 1.165) is 36.0 Å². The van der Waals surface area contributed by atoms with Gasteiger partial charge >= 0.3 is 11.7 Å². The second-order valence-electron chi connectivity index (χ2n) is 7.26. The number of nitrogens with zero attached hydrogens (tertiary/aromatic N) is 2. The minimum Gasteiger partial charge on any atom is -0.423 e. The number of aryl methyl sites for hydroxylation is 1. The molecular weight excluding hydrogens is 370 g/mol. The van der Waals surface area contributed by atoms with Gasteiger partial charge in [0.2, 0.25) is 0 Å². The molecule has 1 aliphatic rings. The first-order chi connectivity index (χ1) is 14.1. The molecule has 2 aromatic heterocycles. The van der Waals surface area contributed by atoms with E-state index in [9.17, 15) is 9.59 Å². The lowest BCUT2D eigenvalue weighted by Gasteiger charge is -2.26.